The molecule has 14 heavy (non-hydrogen) atoms. The Balaban J connectivity index is 2.87. The summed E-state index contributed by atoms with van der Waals surface area (Å²) in [6.07, 6.45) is 0. The lowest BCUT2D eigenvalue weighted by Crippen LogP contribution is -1.99. The van der Waals surface area contributed by atoms with Crippen LogP contribution in [0.1, 0.15) is 12.5 Å². The molecule has 0 aliphatic heterocycles. The molecule has 0 saturated carbocycles. The van der Waals surface area contributed by atoms with E-state index in [4.69, 9.17) is 39.5 Å². The van der Waals surface area contributed by atoms with Crippen LogP contribution < -0.4 is 0 Å². The summed E-state index contributed by atoms with van der Waals surface area (Å²) in [6, 6.07) is 3.10. The standard InChI is InChI=1S/C9H7Cl3O2/c1-5(13)14-4-6-2-8(11)9(12)3-7(6)10/h2-3H,4H2,1H3. The number of carbonyl (C=O) groups excluding carboxylic acids is 1. The van der Waals surface area contributed by atoms with Gasteiger partial charge >= 0.3 is 5.97 Å². The van der Waals surface area contributed by atoms with Gasteiger partial charge in [-0.15, -0.1) is 0 Å². The number of benzene rings is 1. The Morgan fingerprint density at radius 1 is 1.21 bits per heavy atom. The van der Waals surface area contributed by atoms with Crippen molar-refractivity contribution >= 4 is 40.8 Å². The largest absolute Gasteiger partial charge is 0.461 e. The van der Waals surface area contributed by atoms with Crippen LogP contribution in [0.25, 0.3) is 0 Å². The minimum atomic E-state index is -0.368. The molecule has 1 aromatic carbocycles. The number of ether oxygens (including phenoxy) is 1. The summed E-state index contributed by atoms with van der Waals surface area (Å²) in [5, 5.41) is 1.20. The minimum Gasteiger partial charge on any atom is -0.461 e. The first kappa shape index (κ1) is 11.6. The van der Waals surface area contributed by atoms with E-state index < -0.39 is 0 Å². The first-order valence-corrected chi connectivity index (χ1v) is 4.91. The molecule has 5 heteroatoms. The number of halogens is 3. The van der Waals surface area contributed by atoms with Crippen molar-refractivity contribution in [1.29, 1.82) is 0 Å². The molecular weight excluding hydrogens is 246 g/mol. The number of rotatable bonds is 2. The summed E-state index contributed by atoms with van der Waals surface area (Å²) in [6.45, 7) is 1.43. The summed E-state index contributed by atoms with van der Waals surface area (Å²) >= 11 is 17.3. The Bertz CT molecular complexity index is 363. The second-order valence-electron chi connectivity index (χ2n) is 2.64. The molecule has 0 N–H and O–H groups in total. The van der Waals surface area contributed by atoms with Gasteiger partial charge in [-0.05, 0) is 12.1 Å². The van der Waals surface area contributed by atoms with Crippen LogP contribution in [-0.4, -0.2) is 5.97 Å². The Labute approximate surface area is 96.7 Å². The molecule has 0 aliphatic carbocycles. The smallest absolute Gasteiger partial charge is 0.302 e. The third kappa shape index (κ3) is 3.05. The van der Waals surface area contributed by atoms with E-state index in [1.165, 1.54) is 13.0 Å². The van der Waals surface area contributed by atoms with Crippen LogP contribution in [-0.2, 0) is 16.1 Å². The van der Waals surface area contributed by atoms with Crippen LogP contribution in [0.15, 0.2) is 12.1 Å². The normalized spacial score (nSPS) is 10.0. The van der Waals surface area contributed by atoms with E-state index >= 15 is 0 Å². The van der Waals surface area contributed by atoms with Gasteiger partial charge in [-0.2, -0.15) is 0 Å². The van der Waals surface area contributed by atoms with Gasteiger partial charge in [-0.25, -0.2) is 0 Å². The van der Waals surface area contributed by atoms with Gasteiger partial charge in [0.2, 0.25) is 0 Å². The molecule has 0 bridgehead atoms. The predicted octanol–water partition coefficient (Wildman–Crippen LogP) is 3.71. The molecule has 0 spiro atoms. The van der Waals surface area contributed by atoms with Crippen LogP contribution in [0.5, 0.6) is 0 Å². The highest BCUT2D eigenvalue weighted by Gasteiger charge is 2.06. The van der Waals surface area contributed by atoms with E-state index in [1.807, 2.05) is 0 Å². The molecule has 0 atom stereocenters. The van der Waals surface area contributed by atoms with Gasteiger partial charge in [0.05, 0.1) is 10.0 Å². The van der Waals surface area contributed by atoms with Gasteiger partial charge in [0, 0.05) is 17.5 Å². The quantitative estimate of drug-likeness (QED) is 0.593. The van der Waals surface area contributed by atoms with Gasteiger partial charge in [0.25, 0.3) is 0 Å². The number of esters is 1. The lowest BCUT2D eigenvalue weighted by molar-refractivity contribution is -0.142. The van der Waals surface area contributed by atoms with Gasteiger partial charge in [-0.1, -0.05) is 34.8 Å². The number of carbonyl (C=O) groups is 1. The van der Waals surface area contributed by atoms with Crippen molar-refractivity contribution in [3.05, 3.63) is 32.8 Å². The summed E-state index contributed by atoms with van der Waals surface area (Å²) in [7, 11) is 0. The number of hydrogen-bond donors (Lipinski definition) is 0. The van der Waals surface area contributed by atoms with Crippen molar-refractivity contribution in [3.63, 3.8) is 0 Å². The van der Waals surface area contributed by atoms with Gasteiger partial charge < -0.3 is 4.74 Å². The highest BCUT2D eigenvalue weighted by molar-refractivity contribution is 6.43. The second-order valence-corrected chi connectivity index (χ2v) is 3.86. The van der Waals surface area contributed by atoms with Crippen LogP contribution >= 0.6 is 34.8 Å². The Morgan fingerprint density at radius 3 is 2.36 bits per heavy atom. The average molecular weight is 254 g/mol. The van der Waals surface area contributed by atoms with E-state index in [-0.39, 0.29) is 12.6 Å². The van der Waals surface area contributed by atoms with E-state index in [9.17, 15) is 4.79 Å². The number of hydrogen-bond acceptors (Lipinski definition) is 2. The lowest BCUT2D eigenvalue weighted by Gasteiger charge is -2.06. The van der Waals surface area contributed by atoms with Crippen molar-refractivity contribution in [2.45, 2.75) is 13.5 Å². The first-order valence-electron chi connectivity index (χ1n) is 3.77. The van der Waals surface area contributed by atoms with Gasteiger partial charge in [0.15, 0.2) is 0 Å². The van der Waals surface area contributed by atoms with Crippen molar-refractivity contribution in [1.82, 2.24) is 0 Å². The molecule has 2 nitrogen and oxygen atoms in total. The van der Waals surface area contributed by atoms with E-state index in [2.05, 4.69) is 0 Å². The van der Waals surface area contributed by atoms with Crippen LogP contribution in [0, 0.1) is 0 Å². The molecule has 1 aromatic rings. The van der Waals surface area contributed by atoms with Gasteiger partial charge in [-0.3, -0.25) is 4.79 Å². The fourth-order valence-electron chi connectivity index (χ4n) is 0.854. The molecule has 0 saturated heterocycles. The Hall–Kier alpha value is -0.440. The van der Waals surface area contributed by atoms with Crippen LogP contribution in [0.3, 0.4) is 0 Å². The molecule has 1 rings (SSSR count). The monoisotopic (exact) mass is 252 g/mol. The maximum absolute atomic E-state index is 10.6. The lowest BCUT2D eigenvalue weighted by atomic mass is 10.2. The van der Waals surface area contributed by atoms with Crippen molar-refractivity contribution < 1.29 is 9.53 Å². The molecular formula is C9H7Cl3O2. The highest BCUT2D eigenvalue weighted by Crippen LogP contribution is 2.29. The topological polar surface area (TPSA) is 26.3 Å². The molecule has 76 valence electrons. The maximum Gasteiger partial charge on any atom is 0.302 e. The maximum atomic E-state index is 10.6. The summed E-state index contributed by atoms with van der Waals surface area (Å²) in [4.78, 5) is 10.6. The highest BCUT2D eigenvalue weighted by atomic mass is 35.5. The summed E-state index contributed by atoms with van der Waals surface area (Å²) in [5.74, 6) is -0.368. The van der Waals surface area contributed by atoms with E-state index in [0.717, 1.165) is 0 Å². The third-order valence-electron chi connectivity index (χ3n) is 1.52. The molecule has 0 radical (unpaired) electrons. The van der Waals surface area contributed by atoms with E-state index in [0.29, 0.717) is 20.6 Å². The van der Waals surface area contributed by atoms with Crippen LogP contribution in [0.2, 0.25) is 15.1 Å². The molecule has 0 fully saturated rings. The SMILES string of the molecule is CC(=O)OCc1cc(Cl)c(Cl)cc1Cl. The van der Waals surface area contributed by atoms with E-state index in [1.54, 1.807) is 6.07 Å². The molecule has 0 aromatic heterocycles. The predicted molar refractivity (Wildman–Crippen MR) is 56.9 cm³/mol. The summed E-state index contributed by atoms with van der Waals surface area (Å²) in [5.41, 5.74) is 0.635. The zero-order chi connectivity index (χ0) is 10.7. The minimum absolute atomic E-state index is 0.102. The fraction of sp³-hybridized carbons (Fsp3) is 0.222. The molecule has 0 unspecified atom stereocenters. The second kappa shape index (κ2) is 4.87. The zero-order valence-electron chi connectivity index (χ0n) is 7.31. The first-order chi connectivity index (χ1) is 6.50. The molecule has 0 heterocycles. The Kier molecular flexibility index (Phi) is 4.05. The Morgan fingerprint density at radius 2 is 1.79 bits per heavy atom. The summed E-state index contributed by atoms with van der Waals surface area (Å²) < 4.78 is 4.78. The zero-order valence-corrected chi connectivity index (χ0v) is 9.58. The average Bonchev–Trinajstić information content (AvgIpc) is 2.09. The molecule has 0 aliphatic rings. The van der Waals surface area contributed by atoms with Crippen molar-refractivity contribution in [3.8, 4) is 0 Å². The third-order valence-corrected chi connectivity index (χ3v) is 2.59. The fourth-order valence-corrected chi connectivity index (χ4v) is 1.48. The van der Waals surface area contributed by atoms with Crippen molar-refractivity contribution in [2.75, 3.05) is 0 Å². The van der Waals surface area contributed by atoms with Gasteiger partial charge in [0.1, 0.15) is 6.61 Å². The molecule has 0 amide bonds. The van der Waals surface area contributed by atoms with Crippen molar-refractivity contribution in [2.24, 2.45) is 0 Å². The van der Waals surface area contributed by atoms with Crippen LogP contribution in [0.4, 0.5) is 0 Å².